The van der Waals surface area contributed by atoms with Gasteiger partial charge in [0.05, 0.1) is 5.71 Å². The summed E-state index contributed by atoms with van der Waals surface area (Å²) in [6, 6.07) is 11.6. The molecule has 0 aliphatic carbocycles. The molecule has 1 unspecified atom stereocenters. The van der Waals surface area contributed by atoms with Crippen LogP contribution in [0.25, 0.3) is 0 Å². The van der Waals surface area contributed by atoms with Gasteiger partial charge >= 0.3 is 0 Å². The molecule has 4 rings (SSSR count). The molecule has 0 amide bonds. The highest BCUT2D eigenvalue weighted by Crippen LogP contribution is 2.32. The molecule has 126 valence electrons. The Morgan fingerprint density at radius 1 is 1.29 bits per heavy atom. The molecule has 1 atom stereocenters. The number of fused-ring (bicyclic) bond motifs is 1. The first kappa shape index (κ1) is 15.9. The van der Waals surface area contributed by atoms with Crippen molar-refractivity contribution in [1.29, 1.82) is 5.41 Å². The summed E-state index contributed by atoms with van der Waals surface area (Å²) in [6.07, 6.45) is 4.44. The Morgan fingerprint density at radius 3 is 2.96 bits per heavy atom. The normalized spacial score (nSPS) is 21.0. The van der Waals surface area contributed by atoms with E-state index >= 15 is 0 Å². The van der Waals surface area contributed by atoms with Crippen molar-refractivity contribution in [2.75, 3.05) is 31.6 Å². The monoisotopic (exact) mass is 339 g/mol. The molecule has 1 aromatic carbocycles. The molecular formula is C20H25N3S. The molecule has 0 radical (unpaired) electrons. The molecule has 24 heavy (non-hydrogen) atoms. The molecule has 1 fully saturated rings. The fourth-order valence-electron chi connectivity index (χ4n) is 4.08. The number of nitrogens with zero attached hydrogens (tertiary/aromatic N) is 2. The maximum absolute atomic E-state index is 8.32. The lowest BCUT2D eigenvalue weighted by molar-refractivity contribution is 0.406. The van der Waals surface area contributed by atoms with Crippen LogP contribution in [0, 0.1) is 5.41 Å². The summed E-state index contributed by atoms with van der Waals surface area (Å²) in [5, 5.41) is 10.4. The lowest BCUT2D eigenvalue weighted by atomic mass is 9.95. The fourth-order valence-corrected chi connectivity index (χ4v) is 4.75. The second-order valence-corrected chi connectivity index (χ2v) is 8.05. The Hall–Kier alpha value is -1.65. The van der Waals surface area contributed by atoms with Crippen molar-refractivity contribution >= 4 is 22.7 Å². The van der Waals surface area contributed by atoms with Gasteiger partial charge in [0.15, 0.2) is 0 Å². The zero-order valence-electron chi connectivity index (χ0n) is 14.3. The number of thiophene rings is 1. The summed E-state index contributed by atoms with van der Waals surface area (Å²) in [5.74, 6) is 0. The molecule has 3 heterocycles. The second-order valence-electron chi connectivity index (χ2n) is 7.10. The van der Waals surface area contributed by atoms with E-state index in [1.807, 2.05) is 17.5 Å². The van der Waals surface area contributed by atoms with Crippen LogP contribution in [0.1, 0.15) is 28.8 Å². The summed E-state index contributed by atoms with van der Waals surface area (Å²) >= 11 is 1.66. The van der Waals surface area contributed by atoms with E-state index in [1.165, 1.54) is 55.7 Å². The van der Waals surface area contributed by atoms with E-state index in [0.29, 0.717) is 6.04 Å². The molecule has 1 aromatic heterocycles. The predicted octanol–water partition coefficient (Wildman–Crippen LogP) is 3.82. The van der Waals surface area contributed by atoms with Crippen molar-refractivity contribution in [2.24, 2.45) is 0 Å². The van der Waals surface area contributed by atoms with Crippen molar-refractivity contribution in [1.82, 2.24) is 4.90 Å². The Balaban J connectivity index is 1.53. The Kier molecular flexibility index (Phi) is 4.42. The molecule has 2 aliphatic heterocycles. The fraction of sp³-hybridized carbons (Fsp3) is 0.450. The Bertz CT molecular complexity index is 722. The van der Waals surface area contributed by atoms with E-state index in [0.717, 1.165) is 17.0 Å². The third-order valence-electron chi connectivity index (χ3n) is 5.31. The molecular weight excluding hydrogens is 314 g/mol. The first-order valence-corrected chi connectivity index (χ1v) is 9.77. The molecule has 4 heteroatoms. The molecule has 0 saturated carbocycles. The largest absolute Gasteiger partial charge is 0.367 e. The SMILES string of the molecule is CN1CCC(N2CCCc3cc(CC(=N)c4cccs4)ccc32)C1. The first-order chi connectivity index (χ1) is 11.7. The van der Waals surface area contributed by atoms with E-state index in [2.05, 4.69) is 35.0 Å². The smallest absolute Gasteiger partial charge is 0.0529 e. The van der Waals surface area contributed by atoms with Gasteiger partial charge in [0.25, 0.3) is 0 Å². The van der Waals surface area contributed by atoms with E-state index in [-0.39, 0.29) is 0 Å². The number of nitrogens with one attached hydrogen (secondary N) is 1. The van der Waals surface area contributed by atoms with Gasteiger partial charge in [-0.25, -0.2) is 0 Å². The minimum absolute atomic E-state index is 0.671. The van der Waals surface area contributed by atoms with Crippen LogP contribution in [-0.4, -0.2) is 43.3 Å². The highest BCUT2D eigenvalue weighted by Gasteiger charge is 2.28. The van der Waals surface area contributed by atoms with E-state index in [4.69, 9.17) is 5.41 Å². The molecule has 1 saturated heterocycles. The zero-order valence-corrected chi connectivity index (χ0v) is 15.1. The minimum Gasteiger partial charge on any atom is -0.367 e. The van der Waals surface area contributed by atoms with Gasteiger partial charge in [-0.15, -0.1) is 11.3 Å². The van der Waals surface area contributed by atoms with Gasteiger partial charge in [0.1, 0.15) is 0 Å². The Labute approximate surface area is 148 Å². The Morgan fingerprint density at radius 2 is 2.21 bits per heavy atom. The van der Waals surface area contributed by atoms with E-state index < -0.39 is 0 Å². The summed E-state index contributed by atoms with van der Waals surface area (Å²) in [7, 11) is 2.23. The van der Waals surface area contributed by atoms with Crippen LogP contribution in [0.5, 0.6) is 0 Å². The molecule has 2 aliphatic rings. The first-order valence-electron chi connectivity index (χ1n) is 8.89. The van der Waals surface area contributed by atoms with Crippen LogP contribution in [-0.2, 0) is 12.8 Å². The second kappa shape index (κ2) is 6.69. The summed E-state index contributed by atoms with van der Waals surface area (Å²) in [6.45, 7) is 3.59. The number of hydrogen-bond donors (Lipinski definition) is 1. The number of likely N-dealkylation sites (N-methyl/N-ethyl adjacent to an activating group) is 1. The van der Waals surface area contributed by atoms with E-state index in [1.54, 1.807) is 11.3 Å². The summed E-state index contributed by atoms with van der Waals surface area (Å²) in [5.41, 5.74) is 4.92. The predicted molar refractivity (Wildman–Crippen MR) is 103 cm³/mol. The van der Waals surface area contributed by atoms with Gasteiger partial charge in [0.2, 0.25) is 0 Å². The maximum atomic E-state index is 8.32. The van der Waals surface area contributed by atoms with Gasteiger partial charge in [-0.1, -0.05) is 18.2 Å². The van der Waals surface area contributed by atoms with Gasteiger partial charge in [-0.05, 0) is 61.5 Å². The van der Waals surface area contributed by atoms with Crippen molar-refractivity contribution < 1.29 is 0 Å². The van der Waals surface area contributed by atoms with Crippen LogP contribution < -0.4 is 4.90 Å². The third-order valence-corrected chi connectivity index (χ3v) is 6.23. The maximum Gasteiger partial charge on any atom is 0.0529 e. The van der Waals surface area contributed by atoms with Gasteiger partial charge in [0, 0.05) is 36.1 Å². The summed E-state index contributed by atoms with van der Waals surface area (Å²) in [4.78, 5) is 6.16. The van der Waals surface area contributed by atoms with Gasteiger partial charge < -0.3 is 15.2 Å². The average molecular weight is 340 g/mol. The molecule has 0 spiro atoms. The molecule has 0 bridgehead atoms. The van der Waals surface area contributed by atoms with Gasteiger partial charge in [-0.2, -0.15) is 0 Å². The topological polar surface area (TPSA) is 30.3 Å². The van der Waals surface area contributed by atoms with Crippen molar-refractivity contribution in [2.45, 2.75) is 31.7 Å². The number of anilines is 1. The van der Waals surface area contributed by atoms with Crippen molar-refractivity contribution in [3.05, 3.63) is 51.7 Å². The average Bonchev–Trinajstić information content (AvgIpc) is 3.25. The number of hydrogen-bond acceptors (Lipinski definition) is 4. The van der Waals surface area contributed by atoms with Crippen molar-refractivity contribution in [3.8, 4) is 0 Å². The number of aryl methyl sites for hydroxylation is 1. The highest BCUT2D eigenvalue weighted by molar-refractivity contribution is 7.12. The molecule has 2 aromatic rings. The third kappa shape index (κ3) is 3.13. The van der Waals surface area contributed by atoms with Crippen LogP contribution in [0.3, 0.4) is 0 Å². The lowest BCUT2D eigenvalue weighted by Gasteiger charge is -2.36. The minimum atomic E-state index is 0.671. The van der Waals surface area contributed by atoms with E-state index in [9.17, 15) is 0 Å². The van der Waals surface area contributed by atoms with Crippen LogP contribution >= 0.6 is 11.3 Å². The van der Waals surface area contributed by atoms with Gasteiger partial charge in [-0.3, -0.25) is 0 Å². The highest BCUT2D eigenvalue weighted by atomic mass is 32.1. The number of benzene rings is 1. The zero-order chi connectivity index (χ0) is 16.5. The van der Waals surface area contributed by atoms with Crippen LogP contribution in [0.15, 0.2) is 35.7 Å². The molecule has 3 nitrogen and oxygen atoms in total. The lowest BCUT2D eigenvalue weighted by Crippen LogP contribution is -2.40. The van der Waals surface area contributed by atoms with Crippen LogP contribution in [0.4, 0.5) is 5.69 Å². The summed E-state index contributed by atoms with van der Waals surface area (Å²) < 4.78 is 0. The number of rotatable bonds is 4. The number of likely N-dealkylation sites (tertiary alicyclic amines) is 1. The van der Waals surface area contributed by atoms with Crippen molar-refractivity contribution in [3.63, 3.8) is 0 Å². The quantitative estimate of drug-likeness (QED) is 0.859. The van der Waals surface area contributed by atoms with Crippen LogP contribution in [0.2, 0.25) is 0 Å². The standard InChI is InChI=1S/C20H25N3S/c1-22-10-8-17(14-22)23-9-2-4-16-12-15(6-7-19(16)23)13-18(21)20-5-3-11-24-20/h3,5-7,11-12,17,21H,2,4,8-10,13-14H2,1H3. The molecule has 1 N–H and O–H groups in total.